The molecule has 5 heteroatoms. The zero-order valence-electron chi connectivity index (χ0n) is 13.2. The van der Waals surface area contributed by atoms with Gasteiger partial charge in [0.2, 0.25) is 0 Å². The highest BCUT2D eigenvalue weighted by Gasteiger charge is 2.05. The third-order valence-corrected chi connectivity index (χ3v) is 3.14. The predicted molar refractivity (Wildman–Crippen MR) is 86.9 cm³/mol. The number of ether oxygens (including phenoxy) is 1. The first-order chi connectivity index (χ1) is 10.9. The van der Waals surface area contributed by atoms with Crippen LogP contribution in [0.2, 0.25) is 0 Å². The van der Waals surface area contributed by atoms with Gasteiger partial charge >= 0.3 is 11.9 Å². The van der Waals surface area contributed by atoms with Crippen molar-refractivity contribution in [2.24, 2.45) is 0 Å². The van der Waals surface area contributed by atoms with E-state index in [1.807, 2.05) is 37.3 Å². The number of carboxylic acid groups (broad SMARTS) is 2. The summed E-state index contributed by atoms with van der Waals surface area (Å²) >= 11 is 0. The molecule has 122 valence electrons. The van der Waals surface area contributed by atoms with Crippen molar-refractivity contribution in [3.8, 4) is 5.75 Å². The van der Waals surface area contributed by atoms with Gasteiger partial charge in [-0.05, 0) is 24.1 Å². The Balaban J connectivity index is 0.000000231. The number of hydrogen-bond donors (Lipinski definition) is 2. The van der Waals surface area contributed by atoms with Crippen molar-refractivity contribution in [3.05, 3.63) is 65.2 Å². The Bertz CT molecular complexity index is 664. The number of carbonyl (C=O) groups is 2. The summed E-state index contributed by atoms with van der Waals surface area (Å²) in [6.07, 6.45) is 0.122. The van der Waals surface area contributed by atoms with E-state index in [2.05, 4.69) is 0 Å². The molecule has 0 atom stereocenters. The third kappa shape index (κ3) is 6.65. The van der Waals surface area contributed by atoms with E-state index in [0.29, 0.717) is 11.3 Å². The minimum Gasteiger partial charge on any atom is -0.496 e. The Morgan fingerprint density at radius 1 is 0.870 bits per heavy atom. The van der Waals surface area contributed by atoms with E-state index in [-0.39, 0.29) is 12.8 Å². The highest BCUT2D eigenvalue weighted by Crippen LogP contribution is 2.17. The molecule has 2 aromatic rings. The molecule has 0 aliphatic heterocycles. The summed E-state index contributed by atoms with van der Waals surface area (Å²) in [5.74, 6) is -1.00. The molecule has 0 unspecified atom stereocenters. The molecule has 0 aliphatic rings. The smallest absolute Gasteiger partial charge is 0.307 e. The normalized spacial score (nSPS) is 9.48. The number of carboxylic acids is 2. The highest BCUT2D eigenvalue weighted by atomic mass is 16.5. The zero-order valence-corrected chi connectivity index (χ0v) is 13.2. The Hall–Kier alpha value is -2.82. The number of aryl methyl sites for hydroxylation is 1. The third-order valence-electron chi connectivity index (χ3n) is 3.14. The molecule has 2 aromatic carbocycles. The van der Waals surface area contributed by atoms with Gasteiger partial charge in [0.1, 0.15) is 5.75 Å². The predicted octanol–water partition coefficient (Wildman–Crippen LogP) is 2.94. The van der Waals surface area contributed by atoms with Crippen LogP contribution in [-0.4, -0.2) is 29.3 Å². The average Bonchev–Trinajstić information content (AvgIpc) is 2.50. The maximum absolute atomic E-state index is 10.4. The van der Waals surface area contributed by atoms with Gasteiger partial charge in [0.15, 0.2) is 0 Å². The Labute approximate surface area is 135 Å². The number of hydrogen-bond acceptors (Lipinski definition) is 3. The molecule has 0 aromatic heterocycles. The largest absolute Gasteiger partial charge is 0.496 e. The molecular weight excluding hydrogens is 296 g/mol. The van der Waals surface area contributed by atoms with E-state index < -0.39 is 11.9 Å². The summed E-state index contributed by atoms with van der Waals surface area (Å²) in [7, 11) is 1.53. The first-order valence-electron chi connectivity index (χ1n) is 7.04. The fraction of sp³-hybridized carbons (Fsp3) is 0.222. The standard InChI is InChI=1S/C9H10O3.C9H10O2/c1-12-8-5-3-2-4-7(8)6-9(10)11;1-7-4-2-3-5-8(7)6-9(10)11/h2-5H,6H2,1H3,(H,10,11);2-5H,6H2,1H3,(H,10,11). The molecule has 2 N–H and O–H groups in total. The number of aliphatic carboxylic acids is 2. The van der Waals surface area contributed by atoms with Gasteiger partial charge in [0.25, 0.3) is 0 Å². The summed E-state index contributed by atoms with van der Waals surface area (Å²) in [5.41, 5.74) is 2.63. The van der Waals surface area contributed by atoms with Gasteiger partial charge in [-0.1, -0.05) is 42.5 Å². The summed E-state index contributed by atoms with van der Waals surface area (Å²) in [4.78, 5) is 20.7. The Morgan fingerprint density at radius 2 is 1.35 bits per heavy atom. The molecule has 0 saturated carbocycles. The molecule has 0 saturated heterocycles. The van der Waals surface area contributed by atoms with Crippen LogP contribution in [0, 0.1) is 6.92 Å². The lowest BCUT2D eigenvalue weighted by molar-refractivity contribution is -0.137. The molecule has 23 heavy (non-hydrogen) atoms. The topological polar surface area (TPSA) is 83.8 Å². The van der Waals surface area contributed by atoms with Gasteiger partial charge in [0, 0.05) is 5.56 Å². The van der Waals surface area contributed by atoms with E-state index in [1.165, 1.54) is 7.11 Å². The molecule has 0 aliphatic carbocycles. The van der Waals surface area contributed by atoms with Gasteiger partial charge in [-0.3, -0.25) is 9.59 Å². The molecule has 0 heterocycles. The second-order valence-electron chi connectivity index (χ2n) is 4.88. The van der Waals surface area contributed by atoms with Crippen molar-refractivity contribution in [3.63, 3.8) is 0 Å². The number of methoxy groups -OCH3 is 1. The fourth-order valence-electron chi connectivity index (χ4n) is 1.98. The summed E-state index contributed by atoms with van der Waals surface area (Å²) < 4.78 is 4.98. The second-order valence-corrected chi connectivity index (χ2v) is 4.88. The summed E-state index contributed by atoms with van der Waals surface area (Å²) in [6.45, 7) is 1.91. The van der Waals surface area contributed by atoms with Crippen molar-refractivity contribution in [2.45, 2.75) is 19.8 Å². The van der Waals surface area contributed by atoms with Crippen molar-refractivity contribution in [2.75, 3.05) is 7.11 Å². The van der Waals surface area contributed by atoms with Gasteiger partial charge in [-0.15, -0.1) is 0 Å². The van der Waals surface area contributed by atoms with Crippen LogP contribution >= 0.6 is 0 Å². The van der Waals surface area contributed by atoms with E-state index in [9.17, 15) is 9.59 Å². The van der Waals surface area contributed by atoms with Crippen molar-refractivity contribution in [1.29, 1.82) is 0 Å². The van der Waals surface area contributed by atoms with Gasteiger partial charge in [-0.25, -0.2) is 0 Å². The Kier molecular flexibility index (Phi) is 7.33. The van der Waals surface area contributed by atoms with Crippen molar-refractivity contribution in [1.82, 2.24) is 0 Å². The van der Waals surface area contributed by atoms with Crippen LogP contribution in [0.1, 0.15) is 16.7 Å². The van der Waals surface area contributed by atoms with E-state index >= 15 is 0 Å². The molecule has 2 rings (SSSR count). The SMILES string of the molecule is COc1ccccc1CC(=O)O.Cc1ccccc1CC(=O)O. The van der Waals surface area contributed by atoms with Gasteiger partial charge < -0.3 is 14.9 Å². The molecule has 0 bridgehead atoms. The highest BCUT2D eigenvalue weighted by molar-refractivity contribution is 5.71. The van der Waals surface area contributed by atoms with Crippen molar-refractivity contribution >= 4 is 11.9 Å². The minimum atomic E-state index is -0.848. The molecule has 0 radical (unpaired) electrons. The number of para-hydroxylation sites is 1. The van der Waals surface area contributed by atoms with Crippen LogP contribution in [0.3, 0.4) is 0 Å². The fourth-order valence-corrected chi connectivity index (χ4v) is 1.98. The van der Waals surface area contributed by atoms with Crippen LogP contribution in [-0.2, 0) is 22.4 Å². The molecule has 5 nitrogen and oxygen atoms in total. The Morgan fingerprint density at radius 3 is 1.87 bits per heavy atom. The van der Waals surface area contributed by atoms with Crippen LogP contribution in [0.5, 0.6) is 5.75 Å². The van der Waals surface area contributed by atoms with E-state index in [1.54, 1.807) is 18.2 Å². The first-order valence-corrected chi connectivity index (χ1v) is 7.04. The lowest BCUT2D eigenvalue weighted by Gasteiger charge is -2.04. The first kappa shape index (κ1) is 18.2. The maximum Gasteiger partial charge on any atom is 0.307 e. The second kappa shape index (κ2) is 9.25. The van der Waals surface area contributed by atoms with E-state index in [0.717, 1.165) is 11.1 Å². The number of rotatable bonds is 5. The maximum atomic E-state index is 10.4. The van der Waals surface area contributed by atoms with Gasteiger partial charge in [-0.2, -0.15) is 0 Å². The van der Waals surface area contributed by atoms with Crippen LogP contribution in [0.15, 0.2) is 48.5 Å². The minimum absolute atomic E-state index is 0.00398. The van der Waals surface area contributed by atoms with Crippen LogP contribution < -0.4 is 4.74 Å². The molecular formula is C18H20O5. The lowest BCUT2D eigenvalue weighted by atomic mass is 10.1. The average molecular weight is 316 g/mol. The molecule has 0 amide bonds. The van der Waals surface area contributed by atoms with E-state index in [4.69, 9.17) is 14.9 Å². The molecule has 0 fully saturated rings. The van der Waals surface area contributed by atoms with Gasteiger partial charge in [0.05, 0.1) is 20.0 Å². The lowest BCUT2D eigenvalue weighted by Crippen LogP contribution is -2.01. The monoisotopic (exact) mass is 316 g/mol. The quantitative estimate of drug-likeness (QED) is 0.886. The summed E-state index contributed by atoms with van der Waals surface area (Å²) in [6, 6.07) is 14.6. The number of benzene rings is 2. The van der Waals surface area contributed by atoms with Crippen LogP contribution in [0.4, 0.5) is 0 Å². The van der Waals surface area contributed by atoms with Crippen molar-refractivity contribution < 1.29 is 24.5 Å². The zero-order chi connectivity index (χ0) is 17.2. The summed E-state index contributed by atoms with van der Waals surface area (Å²) in [5, 5.41) is 17.0. The molecule has 0 spiro atoms. The van der Waals surface area contributed by atoms with Crippen LogP contribution in [0.25, 0.3) is 0 Å².